The van der Waals surface area contributed by atoms with Crippen molar-refractivity contribution in [3.05, 3.63) is 24.0 Å². The van der Waals surface area contributed by atoms with Crippen molar-refractivity contribution >= 4 is 11.4 Å². The molecule has 1 aliphatic rings. The van der Waals surface area contributed by atoms with Crippen molar-refractivity contribution in [1.82, 2.24) is 0 Å². The van der Waals surface area contributed by atoms with Crippen LogP contribution < -0.4 is 10.2 Å². The molecule has 0 radical (unpaired) electrons. The lowest BCUT2D eigenvalue weighted by Crippen LogP contribution is -2.36. The predicted octanol–water partition coefficient (Wildman–Crippen LogP) is 3.12. The van der Waals surface area contributed by atoms with Crippen molar-refractivity contribution in [2.75, 3.05) is 43.6 Å². The summed E-state index contributed by atoms with van der Waals surface area (Å²) in [6.07, 6.45) is 0.976. The molecule has 0 saturated heterocycles. The summed E-state index contributed by atoms with van der Waals surface area (Å²) in [5.41, 5.74) is 2.13. The van der Waals surface area contributed by atoms with Crippen LogP contribution in [0.25, 0.3) is 0 Å². The lowest BCUT2D eigenvalue weighted by molar-refractivity contribution is 0.195. The maximum Gasteiger partial charge on any atom is 0.125 e. The minimum atomic E-state index is -0.192. The molecule has 1 aliphatic heterocycles. The van der Waals surface area contributed by atoms with E-state index >= 15 is 0 Å². The molecule has 4 heteroatoms. The lowest BCUT2D eigenvalue weighted by atomic mass is 9.93. The molecule has 106 valence electrons. The average molecular weight is 266 g/mol. The van der Waals surface area contributed by atoms with Gasteiger partial charge in [-0.1, -0.05) is 13.8 Å². The molecule has 0 bridgehead atoms. The smallest absolute Gasteiger partial charge is 0.125 e. The third-order valence-corrected chi connectivity index (χ3v) is 3.45. The monoisotopic (exact) mass is 266 g/mol. The van der Waals surface area contributed by atoms with Crippen LogP contribution >= 0.6 is 0 Å². The molecule has 0 unspecified atom stereocenters. The standard InChI is InChI=1S/C15H23FN2O/c1-15(2)10-17-13-9-12(16)5-6-14(13)18(11-15)7-4-8-19-3/h5-6,9,17H,4,7-8,10-11H2,1-3H3. The number of hydrogen-bond acceptors (Lipinski definition) is 3. The van der Waals surface area contributed by atoms with E-state index in [4.69, 9.17) is 4.74 Å². The van der Waals surface area contributed by atoms with Crippen LogP contribution in [0, 0.1) is 11.2 Å². The second-order valence-corrected chi connectivity index (χ2v) is 5.95. The van der Waals surface area contributed by atoms with Gasteiger partial charge in [0.25, 0.3) is 0 Å². The molecule has 0 amide bonds. The van der Waals surface area contributed by atoms with Crippen LogP contribution in [-0.2, 0) is 4.74 Å². The van der Waals surface area contributed by atoms with E-state index in [9.17, 15) is 4.39 Å². The van der Waals surface area contributed by atoms with Gasteiger partial charge in [0.15, 0.2) is 0 Å². The van der Waals surface area contributed by atoms with Gasteiger partial charge in [0.05, 0.1) is 11.4 Å². The van der Waals surface area contributed by atoms with Gasteiger partial charge in [-0.15, -0.1) is 0 Å². The van der Waals surface area contributed by atoms with Gasteiger partial charge >= 0.3 is 0 Å². The number of nitrogens with zero attached hydrogens (tertiary/aromatic N) is 1. The maximum absolute atomic E-state index is 13.4. The van der Waals surface area contributed by atoms with Crippen molar-refractivity contribution in [2.24, 2.45) is 5.41 Å². The van der Waals surface area contributed by atoms with Gasteiger partial charge in [-0.05, 0) is 30.0 Å². The fourth-order valence-electron chi connectivity index (χ4n) is 2.52. The Morgan fingerprint density at radius 2 is 2.21 bits per heavy atom. The minimum Gasteiger partial charge on any atom is -0.385 e. The number of methoxy groups -OCH3 is 1. The number of hydrogen-bond donors (Lipinski definition) is 1. The predicted molar refractivity (Wildman–Crippen MR) is 77.4 cm³/mol. The van der Waals surface area contributed by atoms with Crippen molar-refractivity contribution in [2.45, 2.75) is 20.3 Å². The van der Waals surface area contributed by atoms with Crippen LogP contribution in [-0.4, -0.2) is 33.4 Å². The topological polar surface area (TPSA) is 24.5 Å². The summed E-state index contributed by atoms with van der Waals surface area (Å²) in [6, 6.07) is 4.98. The number of fused-ring (bicyclic) bond motifs is 1. The summed E-state index contributed by atoms with van der Waals surface area (Å²) >= 11 is 0. The van der Waals surface area contributed by atoms with Crippen LogP contribution in [0.4, 0.5) is 15.8 Å². The Labute approximate surface area is 114 Å². The minimum absolute atomic E-state index is 0.155. The third kappa shape index (κ3) is 3.60. The fourth-order valence-corrected chi connectivity index (χ4v) is 2.52. The van der Waals surface area contributed by atoms with Crippen LogP contribution in [0.2, 0.25) is 0 Å². The van der Waals surface area contributed by atoms with Crippen molar-refractivity contribution in [3.8, 4) is 0 Å². The molecular weight excluding hydrogens is 243 g/mol. The second-order valence-electron chi connectivity index (χ2n) is 5.95. The van der Waals surface area contributed by atoms with E-state index < -0.39 is 0 Å². The molecule has 0 aliphatic carbocycles. The van der Waals surface area contributed by atoms with E-state index in [1.54, 1.807) is 13.2 Å². The Morgan fingerprint density at radius 1 is 1.42 bits per heavy atom. The van der Waals surface area contributed by atoms with Gasteiger partial charge in [0.2, 0.25) is 0 Å². The molecule has 0 saturated carbocycles. The van der Waals surface area contributed by atoms with Gasteiger partial charge in [-0.3, -0.25) is 0 Å². The molecule has 0 fully saturated rings. The normalized spacial score (nSPS) is 17.6. The van der Waals surface area contributed by atoms with E-state index in [0.29, 0.717) is 0 Å². The first-order valence-electron chi connectivity index (χ1n) is 6.79. The Kier molecular flexibility index (Phi) is 4.30. The number of benzene rings is 1. The zero-order valence-electron chi connectivity index (χ0n) is 12.0. The highest BCUT2D eigenvalue weighted by molar-refractivity contribution is 5.71. The summed E-state index contributed by atoms with van der Waals surface area (Å²) in [5.74, 6) is -0.192. The van der Waals surface area contributed by atoms with Crippen molar-refractivity contribution in [3.63, 3.8) is 0 Å². The highest BCUT2D eigenvalue weighted by atomic mass is 19.1. The van der Waals surface area contributed by atoms with E-state index in [1.165, 1.54) is 6.07 Å². The second kappa shape index (κ2) is 5.78. The Bertz CT molecular complexity index is 434. The van der Waals surface area contributed by atoms with Gasteiger partial charge in [0, 0.05) is 33.4 Å². The van der Waals surface area contributed by atoms with E-state index in [0.717, 1.165) is 44.0 Å². The molecule has 0 spiro atoms. The molecular formula is C15H23FN2O. The van der Waals surface area contributed by atoms with Crippen LogP contribution in [0.1, 0.15) is 20.3 Å². The summed E-state index contributed by atoms with van der Waals surface area (Å²) in [4.78, 5) is 2.33. The summed E-state index contributed by atoms with van der Waals surface area (Å²) in [6.45, 7) is 7.95. The Hall–Kier alpha value is -1.29. The molecule has 2 rings (SSSR count). The largest absolute Gasteiger partial charge is 0.385 e. The van der Waals surface area contributed by atoms with Crippen molar-refractivity contribution < 1.29 is 9.13 Å². The van der Waals surface area contributed by atoms with E-state index in [1.807, 2.05) is 6.07 Å². The molecule has 1 aromatic rings. The number of anilines is 2. The van der Waals surface area contributed by atoms with E-state index in [2.05, 4.69) is 24.1 Å². The van der Waals surface area contributed by atoms with Crippen LogP contribution in [0.3, 0.4) is 0 Å². The lowest BCUT2D eigenvalue weighted by Gasteiger charge is -2.31. The zero-order valence-corrected chi connectivity index (χ0v) is 12.0. The number of nitrogens with one attached hydrogen (secondary N) is 1. The molecule has 3 nitrogen and oxygen atoms in total. The average Bonchev–Trinajstić information content (AvgIpc) is 2.47. The highest BCUT2D eigenvalue weighted by Gasteiger charge is 2.27. The first-order valence-corrected chi connectivity index (χ1v) is 6.79. The summed E-state index contributed by atoms with van der Waals surface area (Å²) in [7, 11) is 1.72. The number of rotatable bonds is 4. The van der Waals surface area contributed by atoms with Crippen LogP contribution in [0.5, 0.6) is 0 Å². The van der Waals surface area contributed by atoms with Gasteiger partial charge in [0.1, 0.15) is 5.82 Å². The Balaban J connectivity index is 2.22. The molecule has 19 heavy (non-hydrogen) atoms. The van der Waals surface area contributed by atoms with E-state index in [-0.39, 0.29) is 11.2 Å². The number of halogens is 1. The third-order valence-electron chi connectivity index (χ3n) is 3.45. The zero-order chi connectivity index (χ0) is 13.9. The van der Waals surface area contributed by atoms with Crippen molar-refractivity contribution in [1.29, 1.82) is 0 Å². The summed E-state index contributed by atoms with van der Waals surface area (Å²) in [5, 5.41) is 3.36. The summed E-state index contributed by atoms with van der Waals surface area (Å²) < 4.78 is 18.5. The molecule has 0 aromatic heterocycles. The molecule has 0 atom stereocenters. The maximum atomic E-state index is 13.4. The first kappa shape index (κ1) is 14.1. The molecule has 1 N–H and O–H groups in total. The quantitative estimate of drug-likeness (QED) is 0.847. The number of ether oxygens (including phenoxy) is 1. The van der Waals surface area contributed by atoms with Gasteiger partial charge in [-0.25, -0.2) is 4.39 Å². The van der Waals surface area contributed by atoms with Gasteiger partial charge < -0.3 is 15.0 Å². The van der Waals surface area contributed by atoms with Crippen LogP contribution in [0.15, 0.2) is 18.2 Å². The molecule has 1 heterocycles. The molecule has 1 aromatic carbocycles. The fraction of sp³-hybridized carbons (Fsp3) is 0.600. The highest BCUT2D eigenvalue weighted by Crippen LogP contribution is 2.34. The Morgan fingerprint density at radius 3 is 2.95 bits per heavy atom. The SMILES string of the molecule is COCCCN1CC(C)(C)CNc2cc(F)ccc21. The van der Waals surface area contributed by atoms with Gasteiger partial charge in [-0.2, -0.15) is 0 Å². The first-order chi connectivity index (χ1) is 9.02.